The summed E-state index contributed by atoms with van der Waals surface area (Å²) in [6, 6.07) is 6.12. The van der Waals surface area contributed by atoms with Gasteiger partial charge in [0, 0.05) is 17.5 Å². The minimum atomic E-state index is -4.50. The van der Waals surface area contributed by atoms with Crippen LogP contribution >= 0.6 is 0 Å². The van der Waals surface area contributed by atoms with Crippen molar-refractivity contribution in [2.75, 3.05) is 0 Å². The molecule has 5 nitrogen and oxygen atoms in total. The molecule has 4 aromatic rings. The molecule has 3 heterocycles. The summed E-state index contributed by atoms with van der Waals surface area (Å²) in [5.74, 6) is 0. The summed E-state index contributed by atoms with van der Waals surface area (Å²) in [7, 11) is 0. The number of benzene rings is 1. The van der Waals surface area contributed by atoms with Crippen molar-refractivity contribution in [1.82, 2.24) is 25.0 Å². The van der Waals surface area contributed by atoms with Crippen molar-refractivity contribution < 1.29 is 13.2 Å². The lowest BCUT2D eigenvalue weighted by Gasteiger charge is -2.08. The number of pyridine rings is 1. The van der Waals surface area contributed by atoms with E-state index < -0.39 is 11.9 Å². The number of nitrogens with one attached hydrogen (secondary N) is 1. The summed E-state index contributed by atoms with van der Waals surface area (Å²) >= 11 is 0. The molecule has 3 aromatic heterocycles. The first kappa shape index (κ1) is 15.6. The lowest BCUT2D eigenvalue weighted by Crippen LogP contribution is -2.07. The van der Waals surface area contributed by atoms with Gasteiger partial charge in [0.25, 0.3) is 0 Å². The summed E-state index contributed by atoms with van der Waals surface area (Å²) in [6.07, 6.45) is -2.81. The van der Waals surface area contributed by atoms with Crippen LogP contribution in [0.25, 0.3) is 33.2 Å². The van der Waals surface area contributed by atoms with E-state index >= 15 is 0 Å². The molecule has 1 aromatic carbocycles. The van der Waals surface area contributed by atoms with E-state index in [2.05, 4.69) is 20.3 Å². The van der Waals surface area contributed by atoms with Crippen molar-refractivity contribution in [1.29, 1.82) is 0 Å². The van der Waals surface area contributed by atoms with Crippen LogP contribution in [-0.2, 0) is 12.7 Å². The third-order valence-electron chi connectivity index (χ3n) is 4.19. The standard InChI is InChI=1S/C17H14F3N5/c1-3-25-16(10-6-9(2)14-11(7-10)8-21-23-14)15-12(24-25)4-5-13(22-15)17(18,19)20/h4-8H,3H2,1-2H3,(H,21,23). The zero-order valence-electron chi connectivity index (χ0n) is 13.5. The maximum absolute atomic E-state index is 13.1. The average Bonchev–Trinajstić information content (AvgIpc) is 3.16. The van der Waals surface area contributed by atoms with E-state index in [0.29, 0.717) is 17.8 Å². The largest absolute Gasteiger partial charge is 0.433 e. The molecule has 128 valence electrons. The van der Waals surface area contributed by atoms with E-state index in [-0.39, 0.29) is 5.52 Å². The summed E-state index contributed by atoms with van der Waals surface area (Å²) in [4.78, 5) is 3.86. The van der Waals surface area contributed by atoms with Crippen molar-refractivity contribution in [3.05, 3.63) is 41.7 Å². The van der Waals surface area contributed by atoms with Crippen molar-refractivity contribution in [3.63, 3.8) is 0 Å². The zero-order chi connectivity index (χ0) is 17.8. The topological polar surface area (TPSA) is 59.4 Å². The van der Waals surface area contributed by atoms with Crippen LogP contribution in [0.5, 0.6) is 0 Å². The fraction of sp³-hybridized carbons (Fsp3) is 0.235. The Morgan fingerprint density at radius 1 is 1.20 bits per heavy atom. The quantitative estimate of drug-likeness (QED) is 0.588. The zero-order valence-corrected chi connectivity index (χ0v) is 13.5. The molecule has 1 N–H and O–H groups in total. The molecule has 0 saturated carbocycles. The van der Waals surface area contributed by atoms with Crippen LogP contribution in [0, 0.1) is 6.92 Å². The number of hydrogen-bond acceptors (Lipinski definition) is 3. The predicted molar refractivity (Wildman–Crippen MR) is 88.0 cm³/mol. The van der Waals surface area contributed by atoms with E-state index in [1.165, 1.54) is 6.07 Å². The highest BCUT2D eigenvalue weighted by molar-refractivity contribution is 5.94. The fourth-order valence-corrected chi connectivity index (χ4v) is 3.05. The number of hydrogen-bond donors (Lipinski definition) is 1. The molecule has 8 heteroatoms. The van der Waals surface area contributed by atoms with Crippen LogP contribution < -0.4 is 0 Å². The molecule has 0 spiro atoms. The number of nitrogens with zero attached hydrogens (tertiary/aromatic N) is 4. The Morgan fingerprint density at radius 2 is 2.00 bits per heavy atom. The van der Waals surface area contributed by atoms with Crippen LogP contribution in [0.4, 0.5) is 13.2 Å². The van der Waals surface area contributed by atoms with Crippen LogP contribution in [-0.4, -0.2) is 25.0 Å². The van der Waals surface area contributed by atoms with E-state index in [1.807, 2.05) is 26.0 Å². The molecule has 0 aliphatic heterocycles. The van der Waals surface area contributed by atoms with Crippen molar-refractivity contribution in [3.8, 4) is 11.3 Å². The fourth-order valence-electron chi connectivity index (χ4n) is 3.05. The molecule has 0 aliphatic carbocycles. The summed E-state index contributed by atoms with van der Waals surface area (Å²) in [5, 5.41) is 12.2. The van der Waals surface area contributed by atoms with Gasteiger partial charge in [-0.15, -0.1) is 0 Å². The number of halogens is 3. The SMILES string of the molecule is CCn1nc2ccc(C(F)(F)F)nc2c1-c1cc(C)c2[nH]ncc2c1. The lowest BCUT2D eigenvalue weighted by atomic mass is 10.0. The Labute approximate surface area is 140 Å². The minimum absolute atomic E-state index is 0.249. The molecule has 0 atom stereocenters. The number of aromatic amines is 1. The van der Waals surface area contributed by atoms with Crippen LogP contribution in [0.2, 0.25) is 0 Å². The van der Waals surface area contributed by atoms with Gasteiger partial charge in [-0.1, -0.05) is 0 Å². The summed E-state index contributed by atoms with van der Waals surface area (Å²) < 4.78 is 40.9. The van der Waals surface area contributed by atoms with Crippen molar-refractivity contribution in [2.24, 2.45) is 0 Å². The first-order valence-corrected chi connectivity index (χ1v) is 7.77. The molecule has 0 bridgehead atoms. The van der Waals surface area contributed by atoms with Gasteiger partial charge in [0.05, 0.1) is 17.4 Å². The van der Waals surface area contributed by atoms with E-state index in [4.69, 9.17) is 0 Å². The average molecular weight is 345 g/mol. The summed E-state index contributed by atoms with van der Waals surface area (Å²) in [5.41, 5.74) is 2.97. The predicted octanol–water partition coefficient (Wildman–Crippen LogP) is 4.32. The number of fused-ring (bicyclic) bond motifs is 2. The number of H-pyrrole nitrogens is 1. The number of rotatable bonds is 2. The Morgan fingerprint density at radius 3 is 2.72 bits per heavy atom. The van der Waals surface area contributed by atoms with Gasteiger partial charge in [-0.05, 0) is 43.7 Å². The minimum Gasteiger partial charge on any atom is -0.278 e. The third kappa shape index (κ3) is 2.45. The number of aromatic nitrogens is 5. The van der Waals surface area contributed by atoms with Gasteiger partial charge in [-0.2, -0.15) is 23.4 Å². The molecule has 4 rings (SSSR count). The Kier molecular flexibility index (Phi) is 3.31. The van der Waals surface area contributed by atoms with Gasteiger partial charge < -0.3 is 0 Å². The second-order valence-corrected chi connectivity index (χ2v) is 5.85. The highest BCUT2D eigenvalue weighted by atomic mass is 19.4. The maximum Gasteiger partial charge on any atom is 0.433 e. The molecule has 0 fully saturated rings. The van der Waals surface area contributed by atoms with E-state index in [1.54, 1.807) is 10.9 Å². The molecule has 0 unspecified atom stereocenters. The normalized spacial score (nSPS) is 12.4. The van der Waals surface area contributed by atoms with Gasteiger partial charge in [-0.25, -0.2) is 4.98 Å². The molecule has 0 radical (unpaired) electrons. The van der Waals surface area contributed by atoms with E-state index in [9.17, 15) is 13.2 Å². The van der Waals surface area contributed by atoms with Crippen molar-refractivity contribution >= 4 is 21.9 Å². The molecular formula is C17H14F3N5. The molecule has 0 aliphatic rings. The summed E-state index contributed by atoms with van der Waals surface area (Å²) in [6.45, 7) is 4.34. The smallest absolute Gasteiger partial charge is 0.278 e. The van der Waals surface area contributed by atoms with Gasteiger partial charge in [0.1, 0.15) is 16.7 Å². The van der Waals surface area contributed by atoms with Gasteiger partial charge >= 0.3 is 6.18 Å². The number of aryl methyl sites for hydroxylation is 2. The van der Waals surface area contributed by atoms with Gasteiger partial charge in [0.15, 0.2) is 0 Å². The van der Waals surface area contributed by atoms with Crippen LogP contribution in [0.1, 0.15) is 18.2 Å². The highest BCUT2D eigenvalue weighted by Gasteiger charge is 2.33. The van der Waals surface area contributed by atoms with Crippen molar-refractivity contribution in [2.45, 2.75) is 26.6 Å². The first-order chi connectivity index (χ1) is 11.9. The molecule has 0 saturated heterocycles. The number of alkyl halides is 3. The van der Waals surface area contributed by atoms with Gasteiger partial charge in [0.2, 0.25) is 0 Å². The second-order valence-electron chi connectivity index (χ2n) is 5.85. The Hall–Kier alpha value is -2.90. The molecule has 25 heavy (non-hydrogen) atoms. The highest BCUT2D eigenvalue weighted by Crippen LogP contribution is 2.34. The molecular weight excluding hydrogens is 331 g/mol. The second kappa shape index (κ2) is 5.30. The van der Waals surface area contributed by atoms with Crippen LogP contribution in [0.15, 0.2) is 30.5 Å². The first-order valence-electron chi connectivity index (χ1n) is 7.77. The Bertz CT molecular complexity index is 1090. The lowest BCUT2D eigenvalue weighted by molar-refractivity contribution is -0.140. The molecule has 0 amide bonds. The van der Waals surface area contributed by atoms with E-state index in [0.717, 1.165) is 28.1 Å². The third-order valence-corrected chi connectivity index (χ3v) is 4.19. The Balaban J connectivity index is 2.03. The monoisotopic (exact) mass is 345 g/mol. The van der Waals surface area contributed by atoms with Gasteiger partial charge in [-0.3, -0.25) is 9.78 Å². The van der Waals surface area contributed by atoms with Crippen LogP contribution in [0.3, 0.4) is 0 Å². The maximum atomic E-state index is 13.1.